The molecule has 1 aromatic carbocycles. The van der Waals surface area contributed by atoms with E-state index in [9.17, 15) is 4.79 Å². The van der Waals surface area contributed by atoms with Gasteiger partial charge in [-0.3, -0.25) is 4.79 Å². The van der Waals surface area contributed by atoms with Crippen LogP contribution in [0.4, 0.5) is 0 Å². The van der Waals surface area contributed by atoms with Crippen LogP contribution in [0.25, 0.3) is 5.69 Å². The molecule has 0 aliphatic heterocycles. The van der Waals surface area contributed by atoms with E-state index in [1.807, 2.05) is 29.8 Å². The lowest BCUT2D eigenvalue weighted by molar-refractivity contribution is 0.101. The van der Waals surface area contributed by atoms with Gasteiger partial charge in [0.25, 0.3) is 0 Å². The molecule has 3 heteroatoms. The Kier molecular flexibility index (Phi) is 3.32. The van der Waals surface area contributed by atoms with Crippen LogP contribution >= 0.6 is 0 Å². The Morgan fingerprint density at radius 1 is 1.28 bits per heavy atom. The van der Waals surface area contributed by atoms with Crippen LogP contribution in [0.3, 0.4) is 0 Å². The smallest absolute Gasteiger partial charge is 0.163 e. The van der Waals surface area contributed by atoms with Crippen molar-refractivity contribution in [2.24, 2.45) is 0 Å². The zero-order valence-corrected chi connectivity index (χ0v) is 11.3. The monoisotopic (exact) mass is 242 g/mol. The molecule has 0 fully saturated rings. The van der Waals surface area contributed by atoms with Crippen molar-refractivity contribution in [2.45, 2.75) is 33.6 Å². The molecule has 0 radical (unpaired) electrons. The van der Waals surface area contributed by atoms with Crippen LogP contribution in [0.5, 0.6) is 0 Å². The number of carbonyl (C=O) groups excluding carboxylic acids is 1. The predicted octanol–water partition coefficient (Wildman–Crippen LogP) is 3.51. The number of rotatable bonds is 3. The summed E-state index contributed by atoms with van der Waals surface area (Å²) in [5.74, 6) is 0.478. The molecular weight excluding hydrogens is 224 g/mol. The van der Waals surface area contributed by atoms with Gasteiger partial charge in [-0.05, 0) is 31.4 Å². The second kappa shape index (κ2) is 4.77. The minimum Gasteiger partial charge on any atom is -0.294 e. The number of Topliss-reactive ketones (excluding diaryl/α,β-unsaturated/α-hetero) is 1. The average molecular weight is 242 g/mol. The standard InChI is InChI=1S/C15H18N2O/c1-10(2)13-7-5-6-8-15(13)17-11(3)14(9-16-17)12(4)18/h5-10H,1-4H3. The van der Waals surface area contributed by atoms with Gasteiger partial charge in [0.15, 0.2) is 5.78 Å². The number of ketones is 1. The Morgan fingerprint density at radius 2 is 1.94 bits per heavy atom. The molecule has 0 aliphatic carbocycles. The average Bonchev–Trinajstić information content (AvgIpc) is 2.71. The van der Waals surface area contributed by atoms with Crippen molar-refractivity contribution >= 4 is 5.78 Å². The summed E-state index contributed by atoms with van der Waals surface area (Å²) in [7, 11) is 0. The molecule has 1 heterocycles. The molecular formula is C15H18N2O. The van der Waals surface area contributed by atoms with Gasteiger partial charge in [0, 0.05) is 0 Å². The number of carbonyl (C=O) groups is 1. The number of hydrogen-bond donors (Lipinski definition) is 0. The van der Waals surface area contributed by atoms with Crippen molar-refractivity contribution < 1.29 is 4.79 Å². The Bertz CT molecular complexity index is 582. The number of benzene rings is 1. The molecule has 0 saturated carbocycles. The minimum absolute atomic E-state index is 0.0563. The summed E-state index contributed by atoms with van der Waals surface area (Å²) in [5, 5.41) is 4.35. The van der Waals surface area contributed by atoms with Crippen molar-refractivity contribution in [3.05, 3.63) is 47.3 Å². The van der Waals surface area contributed by atoms with Crippen molar-refractivity contribution in [3.63, 3.8) is 0 Å². The first kappa shape index (κ1) is 12.6. The van der Waals surface area contributed by atoms with Gasteiger partial charge in [0.05, 0.1) is 23.1 Å². The number of hydrogen-bond acceptors (Lipinski definition) is 2. The highest BCUT2D eigenvalue weighted by molar-refractivity contribution is 5.95. The summed E-state index contributed by atoms with van der Waals surface area (Å²) in [6.45, 7) is 7.82. The SMILES string of the molecule is CC(=O)c1cnn(-c2ccccc2C(C)C)c1C. The van der Waals surface area contributed by atoms with E-state index in [1.165, 1.54) is 5.56 Å². The Balaban J connectivity index is 2.59. The van der Waals surface area contributed by atoms with Crippen molar-refractivity contribution in [1.29, 1.82) is 0 Å². The molecule has 94 valence electrons. The highest BCUT2D eigenvalue weighted by Gasteiger charge is 2.14. The molecule has 3 nitrogen and oxygen atoms in total. The number of aromatic nitrogens is 2. The molecule has 0 bridgehead atoms. The second-order valence-electron chi connectivity index (χ2n) is 4.83. The quantitative estimate of drug-likeness (QED) is 0.772. The molecule has 0 N–H and O–H groups in total. The van der Waals surface area contributed by atoms with Crippen LogP contribution in [0.2, 0.25) is 0 Å². The molecule has 1 aromatic heterocycles. The molecule has 2 aromatic rings. The molecule has 0 spiro atoms. The molecule has 2 rings (SSSR count). The van der Waals surface area contributed by atoms with Crippen LogP contribution in [-0.2, 0) is 0 Å². The molecule has 0 atom stereocenters. The third-order valence-electron chi connectivity index (χ3n) is 3.18. The Labute approximate surface area is 107 Å². The lowest BCUT2D eigenvalue weighted by Gasteiger charge is -2.13. The van der Waals surface area contributed by atoms with Gasteiger partial charge in [-0.1, -0.05) is 32.0 Å². The first-order valence-electron chi connectivity index (χ1n) is 6.17. The third kappa shape index (κ3) is 2.08. The van der Waals surface area contributed by atoms with E-state index < -0.39 is 0 Å². The van der Waals surface area contributed by atoms with E-state index in [2.05, 4.69) is 25.0 Å². The highest BCUT2D eigenvalue weighted by Crippen LogP contribution is 2.24. The van der Waals surface area contributed by atoms with Crippen molar-refractivity contribution in [2.75, 3.05) is 0 Å². The fraction of sp³-hybridized carbons (Fsp3) is 0.333. The molecule has 0 saturated heterocycles. The third-order valence-corrected chi connectivity index (χ3v) is 3.18. The summed E-state index contributed by atoms with van der Waals surface area (Å²) in [5.41, 5.74) is 3.88. The zero-order valence-electron chi connectivity index (χ0n) is 11.3. The zero-order chi connectivity index (χ0) is 13.3. The lowest BCUT2D eigenvalue weighted by Crippen LogP contribution is -2.05. The summed E-state index contributed by atoms with van der Waals surface area (Å²) in [6, 6.07) is 8.17. The summed E-state index contributed by atoms with van der Waals surface area (Å²) >= 11 is 0. The lowest BCUT2D eigenvalue weighted by atomic mass is 10.0. The van der Waals surface area contributed by atoms with Gasteiger partial charge < -0.3 is 0 Å². The normalized spacial score (nSPS) is 10.9. The van der Waals surface area contributed by atoms with E-state index in [0.717, 1.165) is 11.4 Å². The van der Waals surface area contributed by atoms with Crippen LogP contribution in [-0.4, -0.2) is 15.6 Å². The summed E-state index contributed by atoms with van der Waals surface area (Å²) in [4.78, 5) is 11.5. The van der Waals surface area contributed by atoms with Gasteiger partial charge in [-0.2, -0.15) is 5.10 Å². The van der Waals surface area contributed by atoms with E-state index in [4.69, 9.17) is 0 Å². The Morgan fingerprint density at radius 3 is 2.50 bits per heavy atom. The first-order valence-corrected chi connectivity index (χ1v) is 6.17. The number of para-hydroxylation sites is 1. The van der Waals surface area contributed by atoms with Crippen LogP contribution in [0.15, 0.2) is 30.5 Å². The van der Waals surface area contributed by atoms with Gasteiger partial charge in [-0.15, -0.1) is 0 Å². The van der Waals surface area contributed by atoms with Crippen molar-refractivity contribution in [3.8, 4) is 5.69 Å². The second-order valence-corrected chi connectivity index (χ2v) is 4.83. The first-order chi connectivity index (χ1) is 8.52. The fourth-order valence-corrected chi connectivity index (χ4v) is 2.17. The van der Waals surface area contributed by atoms with Gasteiger partial charge >= 0.3 is 0 Å². The van der Waals surface area contributed by atoms with E-state index in [-0.39, 0.29) is 5.78 Å². The van der Waals surface area contributed by atoms with Gasteiger partial charge in [0.1, 0.15) is 0 Å². The topological polar surface area (TPSA) is 34.9 Å². The van der Waals surface area contributed by atoms with E-state index in [0.29, 0.717) is 11.5 Å². The predicted molar refractivity (Wildman–Crippen MR) is 72.4 cm³/mol. The molecule has 0 aliphatic rings. The Hall–Kier alpha value is -1.90. The van der Waals surface area contributed by atoms with Gasteiger partial charge in [-0.25, -0.2) is 4.68 Å². The largest absolute Gasteiger partial charge is 0.294 e. The fourth-order valence-electron chi connectivity index (χ4n) is 2.17. The van der Waals surface area contributed by atoms with Crippen LogP contribution in [0.1, 0.15) is 48.3 Å². The van der Waals surface area contributed by atoms with Gasteiger partial charge in [0.2, 0.25) is 0 Å². The minimum atomic E-state index is 0.0563. The number of nitrogens with zero attached hydrogens (tertiary/aromatic N) is 2. The molecule has 0 unspecified atom stereocenters. The van der Waals surface area contributed by atoms with E-state index in [1.54, 1.807) is 13.1 Å². The van der Waals surface area contributed by atoms with Crippen LogP contribution < -0.4 is 0 Å². The summed E-state index contributed by atoms with van der Waals surface area (Å²) < 4.78 is 1.85. The summed E-state index contributed by atoms with van der Waals surface area (Å²) in [6.07, 6.45) is 1.65. The maximum Gasteiger partial charge on any atom is 0.163 e. The van der Waals surface area contributed by atoms with Crippen LogP contribution in [0, 0.1) is 6.92 Å². The van der Waals surface area contributed by atoms with E-state index >= 15 is 0 Å². The highest BCUT2D eigenvalue weighted by atomic mass is 16.1. The molecule has 18 heavy (non-hydrogen) atoms. The maximum absolute atomic E-state index is 11.5. The van der Waals surface area contributed by atoms with Crippen molar-refractivity contribution in [1.82, 2.24) is 9.78 Å². The molecule has 0 amide bonds. The maximum atomic E-state index is 11.5.